The van der Waals surface area contributed by atoms with Gasteiger partial charge in [0, 0.05) is 6.20 Å². The highest BCUT2D eigenvalue weighted by Gasteiger charge is 2.17. The lowest BCUT2D eigenvalue weighted by Gasteiger charge is -2.20. The first-order chi connectivity index (χ1) is 9.11. The van der Waals surface area contributed by atoms with E-state index in [4.69, 9.17) is 11.6 Å². The molecule has 19 heavy (non-hydrogen) atoms. The Bertz CT molecular complexity index is 555. The van der Waals surface area contributed by atoms with Crippen molar-refractivity contribution in [2.75, 3.05) is 6.54 Å². The lowest BCUT2D eigenvalue weighted by atomic mass is 9.98. The molecule has 2 nitrogen and oxygen atoms in total. The van der Waals surface area contributed by atoms with Crippen molar-refractivity contribution in [1.29, 1.82) is 0 Å². The number of nitrogens with one attached hydrogen (secondary N) is 1. The van der Waals surface area contributed by atoms with Crippen LogP contribution in [0, 0.1) is 12.7 Å². The van der Waals surface area contributed by atoms with Crippen LogP contribution in [0.25, 0.3) is 0 Å². The fraction of sp³-hybridized carbons (Fsp3) is 0.267. The molecule has 2 rings (SSSR count). The van der Waals surface area contributed by atoms with E-state index < -0.39 is 0 Å². The lowest BCUT2D eigenvalue weighted by molar-refractivity contribution is 0.592. The predicted octanol–water partition coefficient (Wildman–Crippen LogP) is 3.88. The minimum absolute atomic E-state index is 0.127. The molecule has 1 aromatic carbocycles. The van der Waals surface area contributed by atoms with Crippen molar-refractivity contribution in [3.05, 3.63) is 64.2 Å². The molecular weight excluding hydrogens is 263 g/mol. The molecule has 1 aromatic heterocycles. The second-order valence-electron chi connectivity index (χ2n) is 4.39. The highest BCUT2D eigenvalue weighted by Crippen LogP contribution is 2.25. The number of aryl methyl sites for hydroxylation is 1. The first kappa shape index (κ1) is 14.0. The second-order valence-corrected chi connectivity index (χ2v) is 4.83. The minimum Gasteiger partial charge on any atom is -0.305 e. The first-order valence-electron chi connectivity index (χ1n) is 6.22. The summed E-state index contributed by atoms with van der Waals surface area (Å²) >= 11 is 5.85. The van der Waals surface area contributed by atoms with E-state index in [0.717, 1.165) is 23.4 Å². The Kier molecular flexibility index (Phi) is 4.51. The summed E-state index contributed by atoms with van der Waals surface area (Å²) in [7, 11) is 0. The predicted molar refractivity (Wildman–Crippen MR) is 75.9 cm³/mol. The molecule has 1 atom stereocenters. The van der Waals surface area contributed by atoms with Crippen LogP contribution >= 0.6 is 11.6 Å². The maximum Gasteiger partial charge on any atom is 0.123 e. The van der Waals surface area contributed by atoms with Crippen LogP contribution in [-0.2, 0) is 0 Å². The van der Waals surface area contributed by atoms with Crippen LogP contribution in [0.15, 0.2) is 36.5 Å². The highest BCUT2D eigenvalue weighted by molar-refractivity contribution is 6.30. The van der Waals surface area contributed by atoms with E-state index in [1.165, 1.54) is 6.07 Å². The Morgan fingerprint density at radius 3 is 2.74 bits per heavy atom. The van der Waals surface area contributed by atoms with Gasteiger partial charge in [-0.2, -0.15) is 0 Å². The van der Waals surface area contributed by atoms with Gasteiger partial charge in [-0.3, -0.25) is 4.98 Å². The molecular formula is C15H16ClFN2. The summed E-state index contributed by atoms with van der Waals surface area (Å²) in [6.07, 6.45) is 1.61. The van der Waals surface area contributed by atoms with E-state index in [-0.39, 0.29) is 11.9 Å². The van der Waals surface area contributed by atoms with Gasteiger partial charge in [0.15, 0.2) is 0 Å². The van der Waals surface area contributed by atoms with E-state index >= 15 is 0 Å². The number of aromatic nitrogens is 1. The molecule has 1 heterocycles. The van der Waals surface area contributed by atoms with Crippen LogP contribution in [0.1, 0.15) is 29.8 Å². The fourth-order valence-electron chi connectivity index (χ4n) is 2.06. The monoisotopic (exact) mass is 278 g/mol. The number of rotatable bonds is 4. The Balaban J connectivity index is 2.44. The summed E-state index contributed by atoms with van der Waals surface area (Å²) in [6.45, 7) is 4.75. The number of halogens is 2. The summed E-state index contributed by atoms with van der Waals surface area (Å²) in [5.41, 5.74) is 2.76. The van der Waals surface area contributed by atoms with Gasteiger partial charge in [0.05, 0.1) is 16.8 Å². The zero-order chi connectivity index (χ0) is 13.8. The maximum absolute atomic E-state index is 13.5. The van der Waals surface area contributed by atoms with Crippen LogP contribution in [0.4, 0.5) is 4.39 Å². The highest BCUT2D eigenvalue weighted by atomic mass is 35.5. The van der Waals surface area contributed by atoms with Gasteiger partial charge in [0.1, 0.15) is 5.82 Å². The molecule has 2 aromatic rings. The molecule has 4 heteroatoms. The van der Waals surface area contributed by atoms with Crippen molar-refractivity contribution >= 4 is 11.6 Å². The number of pyridine rings is 1. The molecule has 0 spiro atoms. The third-order valence-corrected chi connectivity index (χ3v) is 3.23. The standard InChI is InChI=1S/C15H16ClFN2/c1-3-18-15(14-7-5-11(16)9-19-14)13-8-12(17)6-4-10(13)2/h4-9,15,18H,3H2,1-2H3. The molecule has 0 aliphatic carbocycles. The lowest BCUT2D eigenvalue weighted by Crippen LogP contribution is -2.23. The third kappa shape index (κ3) is 3.31. The van der Waals surface area contributed by atoms with Crippen LogP contribution < -0.4 is 5.32 Å². The molecule has 100 valence electrons. The van der Waals surface area contributed by atoms with Crippen LogP contribution in [-0.4, -0.2) is 11.5 Å². The Labute approximate surface area is 117 Å². The quantitative estimate of drug-likeness (QED) is 0.918. The SMILES string of the molecule is CCNC(c1ccc(Cl)cn1)c1cc(F)ccc1C. The maximum atomic E-state index is 13.5. The van der Waals surface area contributed by atoms with Gasteiger partial charge in [-0.1, -0.05) is 24.6 Å². The van der Waals surface area contributed by atoms with Gasteiger partial charge in [-0.25, -0.2) is 4.39 Å². The average molecular weight is 279 g/mol. The van der Waals surface area contributed by atoms with Gasteiger partial charge in [-0.05, 0) is 48.9 Å². The Morgan fingerprint density at radius 1 is 1.32 bits per heavy atom. The molecule has 0 radical (unpaired) electrons. The van der Waals surface area contributed by atoms with Gasteiger partial charge in [0.25, 0.3) is 0 Å². The van der Waals surface area contributed by atoms with E-state index in [1.807, 2.05) is 19.9 Å². The minimum atomic E-state index is -0.238. The third-order valence-electron chi connectivity index (χ3n) is 3.01. The zero-order valence-corrected chi connectivity index (χ0v) is 11.7. The van der Waals surface area contributed by atoms with Gasteiger partial charge in [-0.15, -0.1) is 0 Å². The summed E-state index contributed by atoms with van der Waals surface area (Å²) < 4.78 is 13.5. The van der Waals surface area contributed by atoms with Gasteiger partial charge >= 0.3 is 0 Å². The number of benzene rings is 1. The van der Waals surface area contributed by atoms with Crippen molar-refractivity contribution in [1.82, 2.24) is 10.3 Å². The molecule has 0 fully saturated rings. The summed E-state index contributed by atoms with van der Waals surface area (Å²) in [5.74, 6) is -0.238. The molecule has 0 amide bonds. The van der Waals surface area contributed by atoms with Gasteiger partial charge in [0.2, 0.25) is 0 Å². The Hall–Kier alpha value is -1.45. The topological polar surface area (TPSA) is 24.9 Å². The van der Waals surface area contributed by atoms with Crippen molar-refractivity contribution in [3.63, 3.8) is 0 Å². The van der Waals surface area contributed by atoms with Gasteiger partial charge < -0.3 is 5.32 Å². The molecule has 0 saturated carbocycles. The normalized spacial score (nSPS) is 12.4. The van der Waals surface area contributed by atoms with E-state index in [1.54, 1.807) is 24.4 Å². The smallest absolute Gasteiger partial charge is 0.123 e. The molecule has 1 unspecified atom stereocenters. The van der Waals surface area contributed by atoms with Crippen molar-refractivity contribution < 1.29 is 4.39 Å². The molecule has 1 N–H and O–H groups in total. The first-order valence-corrected chi connectivity index (χ1v) is 6.60. The van der Waals surface area contributed by atoms with Crippen molar-refractivity contribution in [3.8, 4) is 0 Å². The largest absolute Gasteiger partial charge is 0.305 e. The van der Waals surface area contributed by atoms with E-state index in [2.05, 4.69) is 10.3 Å². The molecule has 0 aliphatic rings. The van der Waals surface area contributed by atoms with Crippen LogP contribution in [0.5, 0.6) is 0 Å². The van der Waals surface area contributed by atoms with E-state index in [9.17, 15) is 4.39 Å². The Morgan fingerprint density at radius 2 is 2.11 bits per heavy atom. The van der Waals surface area contributed by atoms with Crippen LogP contribution in [0.3, 0.4) is 0 Å². The van der Waals surface area contributed by atoms with Crippen LogP contribution in [0.2, 0.25) is 5.02 Å². The number of hydrogen-bond acceptors (Lipinski definition) is 2. The number of nitrogens with zero attached hydrogens (tertiary/aromatic N) is 1. The second kappa shape index (κ2) is 6.13. The molecule has 0 aliphatic heterocycles. The summed E-state index contributed by atoms with van der Waals surface area (Å²) in [4.78, 5) is 4.33. The number of hydrogen-bond donors (Lipinski definition) is 1. The van der Waals surface area contributed by atoms with Crippen molar-refractivity contribution in [2.45, 2.75) is 19.9 Å². The molecule has 0 bridgehead atoms. The summed E-state index contributed by atoms with van der Waals surface area (Å²) in [6, 6.07) is 8.34. The zero-order valence-electron chi connectivity index (χ0n) is 11.0. The summed E-state index contributed by atoms with van der Waals surface area (Å²) in [5, 5.41) is 3.92. The average Bonchev–Trinajstić information content (AvgIpc) is 2.40. The van der Waals surface area contributed by atoms with Crippen molar-refractivity contribution in [2.24, 2.45) is 0 Å². The van der Waals surface area contributed by atoms with E-state index in [0.29, 0.717) is 5.02 Å². The molecule has 0 saturated heterocycles. The fourth-order valence-corrected chi connectivity index (χ4v) is 2.17.